The minimum Gasteiger partial charge on any atom is -0.399 e. The summed E-state index contributed by atoms with van der Waals surface area (Å²) in [5, 5.41) is 12.3. The molecule has 0 unspecified atom stereocenters. The van der Waals surface area contributed by atoms with Crippen LogP contribution in [-0.4, -0.2) is 19.7 Å². The summed E-state index contributed by atoms with van der Waals surface area (Å²) in [5.74, 6) is 1.71. The molecule has 2 heterocycles. The van der Waals surface area contributed by atoms with Gasteiger partial charge in [-0.1, -0.05) is 0 Å². The van der Waals surface area contributed by atoms with Gasteiger partial charge < -0.3 is 15.6 Å². The van der Waals surface area contributed by atoms with Crippen LogP contribution in [0.3, 0.4) is 0 Å². The van der Waals surface area contributed by atoms with Crippen molar-refractivity contribution in [3.05, 3.63) is 42.5 Å². The van der Waals surface area contributed by atoms with Gasteiger partial charge in [0.25, 0.3) is 0 Å². The molecule has 0 saturated carbocycles. The van der Waals surface area contributed by atoms with Crippen molar-refractivity contribution in [1.29, 1.82) is 0 Å². The Morgan fingerprint density at radius 3 is 3.00 bits per heavy atom. The van der Waals surface area contributed by atoms with Gasteiger partial charge in [-0.25, -0.2) is 4.98 Å². The van der Waals surface area contributed by atoms with Crippen molar-refractivity contribution < 1.29 is 0 Å². The van der Waals surface area contributed by atoms with E-state index in [0.29, 0.717) is 6.54 Å². The predicted octanol–water partition coefficient (Wildman–Crippen LogP) is 2.04. The van der Waals surface area contributed by atoms with Gasteiger partial charge in [-0.05, 0) is 37.3 Å². The highest BCUT2D eigenvalue weighted by Crippen LogP contribution is 2.18. The number of aryl methyl sites for hydroxylation is 1. The van der Waals surface area contributed by atoms with Crippen molar-refractivity contribution in [1.82, 2.24) is 19.7 Å². The van der Waals surface area contributed by atoms with Crippen LogP contribution in [0.2, 0.25) is 0 Å². The lowest BCUT2D eigenvalue weighted by molar-refractivity contribution is 0.707. The van der Waals surface area contributed by atoms with Gasteiger partial charge in [0.15, 0.2) is 5.82 Å². The topological polar surface area (TPSA) is 81.7 Å². The summed E-state index contributed by atoms with van der Waals surface area (Å²) in [6.45, 7) is 3.52. The number of nitrogens with two attached hydrogens (primary N) is 1. The van der Waals surface area contributed by atoms with E-state index in [9.17, 15) is 0 Å². The first-order valence-corrected chi connectivity index (χ1v) is 6.53. The average molecular weight is 268 g/mol. The van der Waals surface area contributed by atoms with Gasteiger partial charge in [-0.3, -0.25) is 0 Å². The monoisotopic (exact) mass is 268 g/mol. The van der Waals surface area contributed by atoms with E-state index in [0.717, 1.165) is 34.8 Å². The first-order chi connectivity index (χ1) is 9.76. The molecule has 6 nitrogen and oxygen atoms in total. The van der Waals surface area contributed by atoms with Gasteiger partial charge in [0, 0.05) is 17.6 Å². The molecule has 0 saturated heterocycles. The summed E-state index contributed by atoms with van der Waals surface area (Å²) in [6, 6.07) is 9.64. The number of benzene rings is 1. The summed E-state index contributed by atoms with van der Waals surface area (Å²) in [5.41, 5.74) is 7.42. The first-order valence-electron chi connectivity index (χ1n) is 6.53. The van der Waals surface area contributed by atoms with Gasteiger partial charge in [-0.2, -0.15) is 0 Å². The highest BCUT2D eigenvalue weighted by atomic mass is 15.3. The van der Waals surface area contributed by atoms with Crippen LogP contribution in [0.15, 0.2) is 36.7 Å². The zero-order valence-corrected chi connectivity index (χ0v) is 11.2. The molecule has 3 aromatic rings. The van der Waals surface area contributed by atoms with Gasteiger partial charge in [0.1, 0.15) is 12.1 Å². The number of rotatable bonds is 4. The van der Waals surface area contributed by atoms with E-state index in [-0.39, 0.29) is 0 Å². The van der Waals surface area contributed by atoms with Crippen LogP contribution in [0.25, 0.3) is 10.9 Å². The van der Waals surface area contributed by atoms with Crippen LogP contribution in [-0.2, 0) is 13.1 Å². The fraction of sp³-hybridized carbons (Fsp3) is 0.214. The number of nitrogens with zero attached hydrogens (tertiary/aromatic N) is 4. The molecular weight excluding hydrogens is 252 g/mol. The fourth-order valence-corrected chi connectivity index (χ4v) is 2.09. The quantitative estimate of drug-likeness (QED) is 0.708. The second-order valence-corrected chi connectivity index (χ2v) is 4.54. The van der Waals surface area contributed by atoms with Crippen molar-refractivity contribution >= 4 is 22.4 Å². The molecule has 0 aliphatic rings. The number of hydrogen-bond acceptors (Lipinski definition) is 5. The third-order valence-electron chi connectivity index (χ3n) is 3.18. The standard InChI is InChI=1S/C14H16N6/c1-2-20-9-17-19-14(20)8-16-13-6-3-10-7-11(15)4-5-12(10)18-13/h3-7,9H,2,8,15H2,1H3,(H,16,18). The molecule has 0 bridgehead atoms. The minimum absolute atomic E-state index is 0.599. The average Bonchev–Trinajstić information content (AvgIpc) is 2.92. The summed E-state index contributed by atoms with van der Waals surface area (Å²) < 4.78 is 1.99. The lowest BCUT2D eigenvalue weighted by Gasteiger charge is -2.07. The lowest BCUT2D eigenvalue weighted by atomic mass is 10.2. The Balaban J connectivity index is 1.79. The number of pyridine rings is 1. The van der Waals surface area contributed by atoms with E-state index in [1.807, 2.05) is 34.9 Å². The van der Waals surface area contributed by atoms with E-state index in [4.69, 9.17) is 5.73 Å². The maximum atomic E-state index is 5.76. The number of anilines is 2. The van der Waals surface area contributed by atoms with Crippen LogP contribution < -0.4 is 11.1 Å². The van der Waals surface area contributed by atoms with Crippen LogP contribution in [0, 0.1) is 0 Å². The Hall–Kier alpha value is -2.63. The maximum Gasteiger partial charge on any atom is 0.152 e. The molecule has 0 spiro atoms. The van der Waals surface area contributed by atoms with E-state index >= 15 is 0 Å². The smallest absolute Gasteiger partial charge is 0.152 e. The van der Waals surface area contributed by atoms with Gasteiger partial charge in [0.2, 0.25) is 0 Å². The molecule has 0 fully saturated rings. The van der Waals surface area contributed by atoms with Crippen LogP contribution in [0.4, 0.5) is 11.5 Å². The van der Waals surface area contributed by atoms with Crippen molar-refractivity contribution in [2.24, 2.45) is 0 Å². The maximum absolute atomic E-state index is 5.76. The van der Waals surface area contributed by atoms with E-state index < -0.39 is 0 Å². The SMILES string of the molecule is CCn1cnnc1CNc1ccc2cc(N)ccc2n1. The molecule has 0 amide bonds. The summed E-state index contributed by atoms with van der Waals surface area (Å²) in [4.78, 5) is 4.55. The Labute approximate surface area is 116 Å². The normalized spacial score (nSPS) is 10.8. The molecule has 1 aromatic carbocycles. The van der Waals surface area contributed by atoms with Crippen molar-refractivity contribution in [2.75, 3.05) is 11.1 Å². The zero-order valence-electron chi connectivity index (χ0n) is 11.2. The molecule has 0 atom stereocenters. The molecule has 3 rings (SSSR count). The molecule has 102 valence electrons. The second kappa shape index (κ2) is 5.16. The largest absolute Gasteiger partial charge is 0.399 e. The van der Waals surface area contributed by atoms with Crippen LogP contribution in [0.5, 0.6) is 0 Å². The Kier molecular flexibility index (Phi) is 3.20. The Bertz CT molecular complexity index is 733. The van der Waals surface area contributed by atoms with Gasteiger partial charge >= 0.3 is 0 Å². The van der Waals surface area contributed by atoms with E-state index in [1.165, 1.54) is 0 Å². The molecule has 0 radical (unpaired) electrons. The van der Waals surface area contributed by atoms with Gasteiger partial charge in [0.05, 0.1) is 12.1 Å². The molecule has 0 aliphatic heterocycles. The Morgan fingerprint density at radius 2 is 2.15 bits per heavy atom. The van der Waals surface area contributed by atoms with Crippen molar-refractivity contribution in [2.45, 2.75) is 20.0 Å². The summed E-state index contributed by atoms with van der Waals surface area (Å²) >= 11 is 0. The molecule has 3 N–H and O–H groups in total. The first kappa shape index (κ1) is 12.4. The number of nitrogens with one attached hydrogen (secondary N) is 1. The minimum atomic E-state index is 0.599. The lowest BCUT2D eigenvalue weighted by Crippen LogP contribution is -2.08. The number of nitrogen functional groups attached to an aromatic ring is 1. The van der Waals surface area contributed by atoms with Gasteiger partial charge in [-0.15, -0.1) is 10.2 Å². The summed E-state index contributed by atoms with van der Waals surface area (Å²) in [6.07, 6.45) is 1.73. The Morgan fingerprint density at radius 1 is 1.25 bits per heavy atom. The molecule has 20 heavy (non-hydrogen) atoms. The highest BCUT2D eigenvalue weighted by Gasteiger charge is 2.03. The fourth-order valence-electron chi connectivity index (χ4n) is 2.09. The molecular formula is C14H16N6. The molecule has 6 heteroatoms. The summed E-state index contributed by atoms with van der Waals surface area (Å²) in [7, 11) is 0. The van der Waals surface area contributed by atoms with Crippen molar-refractivity contribution in [3.8, 4) is 0 Å². The van der Waals surface area contributed by atoms with E-state index in [2.05, 4.69) is 27.4 Å². The molecule has 0 aliphatic carbocycles. The van der Waals surface area contributed by atoms with Crippen LogP contribution in [0.1, 0.15) is 12.7 Å². The van der Waals surface area contributed by atoms with E-state index in [1.54, 1.807) is 6.33 Å². The third-order valence-corrected chi connectivity index (χ3v) is 3.18. The third kappa shape index (κ3) is 2.40. The number of hydrogen-bond donors (Lipinski definition) is 2. The zero-order chi connectivity index (χ0) is 13.9. The molecule has 2 aromatic heterocycles. The van der Waals surface area contributed by atoms with Crippen molar-refractivity contribution in [3.63, 3.8) is 0 Å². The number of aromatic nitrogens is 4. The predicted molar refractivity (Wildman–Crippen MR) is 79.2 cm³/mol. The highest BCUT2D eigenvalue weighted by molar-refractivity contribution is 5.83. The number of fused-ring (bicyclic) bond motifs is 1. The second-order valence-electron chi connectivity index (χ2n) is 4.54. The van der Waals surface area contributed by atoms with Crippen LogP contribution >= 0.6 is 0 Å².